The second-order valence-electron chi connectivity index (χ2n) is 6.14. The van der Waals surface area contributed by atoms with Gasteiger partial charge in [0.25, 0.3) is 0 Å². The summed E-state index contributed by atoms with van der Waals surface area (Å²) in [5.41, 5.74) is 9.46. The van der Waals surface area contributed by atoms with Crippen molar-refractivity contribution in [1.29, 1.82) is 0 Å². The normalized spacial score (nSPS) is 27.5. The fourth-order valence-corrected chi connectivity index (χ4v) is 3.74. The number of benzene rings is 1. The molecule has 2 aliphatic rings. The molecule has 3 rings (SSSR count). The third kappa shape index (κ3) is 2.26. The molecule has 1 aliphatic heterocycles. The molecule has 104 valence electrons. The second-order valence-corrected chi connectivity index (χ2v) is 6.14. The van der Waals surface area contributed by atoms with E-state index in [2.05, 4.69) is 24.1 Å². The minimum Gasteiger partial charge on any atom is -0.507 e. The van der Waals surface area contributed by atoms with E-state index in [-0.39, 0.29) is 0 Å². The number of rotatable bonds is 2. The number of fused-ring (bicyclic) bond motifs is 1. The standard InChI is InChI=1S/C16H24N2O/c1-18-10-11(9-17)8-15(18)14-7-6-12-4-2-3-5-13(12)16(14)19/h6-7,11,15,19H,2-5,8-10,17H2,1H3. The van der Waals surface area contributed by atoms with E-state index in [1.807, 2.05) is 0 Å². The van der Waals surface area contributed by atoms with Crippen molar-refractivity contribution < 1.29 is 5.11 Å². The minimum absolute atomic E-state index is 0.334. The number of aromatic hydroxyl groups is 1. The molecule has 3 nitrogen and oxygen atoms in total. The minimum atomic E-state index is 0.334. The summed E-state index contributed by atoms with van der Waals surface area (Å²) in [6.45, 7) is 1.78. The van der Waals surface area contributed by atoms with Gasteiger partial charge < -0.3 is 10.8 Å². The maximum Gasteiger partial charge on any atom is 0.123 e. The average Bonchev–Trinajstić information content (AvgIpc) is 2.81. The van der Waals surface area contributed by atoms with Crippen molar-refractivity contribution >= 4 is 0 Å². The first kappa shape index (κ1) is 12.9. The topological polar surface area (TPSA) is 49.5 Å². The van der Waals surface area contributed by atoms with Gasteiger partial charge >= 0.3 is 0 Å². The molecule has 1 saturated heterocycles. The number of hydrogen-bond donors (Lipinski definition) is 2. The van der Waals surface area contributed by atoms with Gasteiger partial charge in [-0.2, -0.15) is 0 Å². The maximum absolute atomic E-state index is 10.6. The predicted molar refractivity (Wildman–Crippen MR) is 77.3 cm³/mol. The van der Waals surface area contributed by atoms with Gasteiger partial charge in [0, 0.05) is 18.2 Å². The maximum atomic E-state index is 10.6. The van der Waals surface area contributed by atoms with Crippen LogP contribution in [0.25, 0.3) is 0 Å². The number of nitrogens with two attached hydrogens (primary N) is 1. The van der Waals surface area contributed by atoms with Crippen molar-refractivity contribution in [3.8, 4) is 5.75 Å². The van der Waals surface area contributed by atoms with E-state index >= 15 is 0 Å². The van der Waals surface area contributed by atoms with Gasteiger partial charge in [-0.3, -0.25) is 4.90 Å². The average molecular weight is 260 g/mol. The quantitative estimate of drug-likeness (QED) is 0.857. The molecule has 0 saturated carbocycles. The zero-order valence-corrected chi connectivity index (χ0v) is 11.7. The molecule has 3 N–H and O–H groups in total. The first-order valence-electron chi connectivity index (χ1n) is 7.44. The van der Waals surface area contributed by atoms with Gasteiger partial charge in [-0.1, -0.05) is 12.1 Å². The van der Waals surface area contributed by atoms with Crippen LogP contribution in [0.15, 0.2) is 12.1 Å². The summed E-state index contributed by atoms with van der Waals surface area (Å²) in [5, 5.41) is 10.6. The molecular weight excluding hydrogens is 236 g/mol. The summed E-state index contributed by atoms with van der Waals surface area (Å²) < 4.78 is 0. The predicted octanol–water partition coefficient (Wildman–Crippen LogP) is 2.22. The van der Waals surface area contributed by atoms with Gasteiger partial charge in [-0.15, -0.1) is 0 Å². The van der Waals surface area contributed by atoms with E-state index < -0.39 is 0 Å². The lowest BCUT2D eigenvalue weighted by molar-refractivity contribution is 0.305. The SMILES string of the molecule is CN1CC(CN)CC1c1ccc2c(c1O)CCCC2. The van der Waals surface area contributed by atoms with Crippen LogP contribution < -0.4 is 5.73 Å². The molecule has 1 aromatic rings. The molecule has 0 aromatic heterocycles. The van der Waals surface area contributed by atoms with E-state index in [9.17, 15) is 5.11 Å². The summed E-state index contributed by atoms with van der Waals surface area (Å²) in [4.78, 5) is 2.34. The third-order valence-corrected chi connectivity index (χ3v) is 4.86. The molecule has 1 fully saturated rings. The number of hydrogen-bond acceptors (Lipinski definition) is 3. The molecule has 2 atom stereocenters. The van der Waals surface area contributed by atoms with Crippen molar-refractivity contribution in [3.05, 3.63) is 28.8 Å². The number of likely N-dealkylation sites (tertiary alicyclic amines) is 1. The van der Waals surface area contributed by atoms with Crippen LogP contribution in [0.3, 0.4) is 0 Å². The van der Waals surface area contributed by atoms with Crippen molar-refractivity contribution in [3.63, 3.8) is 0 Å². The van der Waals surface area contributed by atoms with Gasteiger partial charge in [0.15, 0.2) is 0 Å². The highest BCUT2D eigenvalue weighted by molar-refractivity contribution is 5.48. The molecule has 19 heavy (non-hydrogen) atoms. The molecular formula is C16H24N2O. The molecule has 1 aromatic carbocycles. The highest BCUT2D eigenvalue weighted by Gasteiger charge is 2.32. The first-order chi connectivity index (χ1) is 9.20. The summed E-state index contributed by atoms with van der Waals surface area (Å²) >= 11 is 0. The molecule has 1 heterocycles. The Labute approximate surface area is 115 Å². The van der Waals surface area contributed by atoms with E-state index in [4.69, 9.17) is 5.73 Å². The van der Waals surface area contributed by atoms with Crippen molar-refractivity contribution in [2.75, 3.05) is 20.1 Å². The van der Waals surface area contributed by atoms with Crippen LogP contribution in [0.2, 0.25) is 0 Å². The Morgan fingerprint density at radius 1 is 1.32 bits per heavy atom. The summed E-state index contributed by atoms with van der Waals surface area (Å²) in [6.07, 6.45) is 5.68. The highest BCUT2D eigenvalue weighted by Crippen LogP contribution is 2.41. The largest absolute Gasteiger partial charge is 0.507 e. The van der Waals surface area contributed by atoms with Gasteiger partial charge in [-0.25, -0.2) is 0 Å². The zero-order valence-electron chi connectivity index (χ0n) is 11.7. The van der Waals surface area contributed by atoms with E-state index in [1.54, 1.807) is 0 Å². The fraction of sp³-hybridized carbons (Fsp3) is 0.625. The molecule has 0 spiro atoms. The first-order valence-corrected chi connectivity index (χ1v) is 7.44. The highest BCUT2D eigenvalue weighted by atomic mass is 16.3. The van der Waals surface area contributed by atoms with Gasteiger partial charge in [0.05, 0.1) is 0 Å². The van der Waals surface area contributed by atoms with Crippen LogP contribution in [-0.2, 0) is 12.8 Å². The Morgan fingerprint density at radius 3 is 2.84 bits per heavy atom. The Bertz CT molecular complexity index is 472. The third-order valence-electron chi connectivity index (χ3n) is 4.86. The van der Waals surface area contributed by atoms with Crippen LogP contribution in [0.4, 0.5) is 0 Å². The molecule has 1 aliphatic carbocycles. The lowest BCUT2D eigenvalue weighted by Crippen LogP contribution is -2.21. The Balaban J connectivity index is 1.93. The van der Waals surface area contributed by atoms with Crippen LogP contribution in [-0.4, -0.2) is 30.1 Å². The summed E-state index contributed by atoms with van der Waals surface area (Å²) in [7, 11) is 2.14. The number of aryl methyl sites for hydroxylation is 1. The smallest absolute Gasteiger partial charge is 0.123 e. The van der Waals surface area contributed by atoms with Crippen molar-refractivity contribution in [2.45, 2.75) is 38.1 Å². The summed E-state index contributed by atoms with van der Waals surface area (Å²) in [5.74, 6) is 1.12. The van der Waals surface area contributed by atoms with Gasteiger partial charge in [0.1, 0.15) is 5.75 Å². The van der Waals surface area contributed by atoms with E-state index in [1.165, 1.54) is 24.0 Å². The zero-order chi connectivity index (χ0) is 13.4. The number of phenolic OH excluding ortho intramolecular Hbond substituents is 1. The van der Waals surface area contributed by atoms with Crippen LogP contribution in [0, 0.1) is 5.92 Å². The molecule has 0 bridgehead atoms. The van der Waals surface area contributed by atoms with Crippen LogP contribution >= 0.6 is 0 Å². The molecule has 3 heteroatoms. The van der Waals surface area contributed by atoms with Crippen LogP contribution in [0.5, 0.6) is 5.75 Å². The Hall–Kier alpha value is -1.06. The summed E-state index contributed by atoms with van der Waals surface area (Å²) in [6, 6.07) is 4.70. The Morgan fingerprint density at radius 2 is 2.11 bits per heavy atom. The van der Waals surface area contributed by atoms with Crippen molar-refractivity contribution in [2.24, 2.45) is 11.7 Å². The van der Waals surface area contributed by atoms with Crippen LogP contribution in [0.1, 0.15) is 42.0 Å². The molecule has 2 unspecified atom stereocenters. The monoisotopic (exact) mass is 260 g/mol. The number of phenols is 1. The van der Waals surface area contributed by atoms with Gasteiger partial charge in [0.2, 0.25) is 0 Å². The fourth-order valence-electron chi connectivity index (χ4n) is 3.74. The lowest BCUT2D eigenvalue weighted by Gasteiger charge is -2.24. The number of nitrogens with zero attached hydrogens (tertiary/aromatic N) is 1. The van der Waals surface area contributed by atoms with Gasteiger partial charge in [-0.05, 0) is 62.7 Å². The van der Waals surface area contributed by atoms with Crippen molar-refractivity contribution in [1.82, 2.24) is 4.90 Å². The second kappa shape index (κ2) is 5.14. The molecule has 0 radical (unpaired) electrons. The molecule has 0 amide bonds. The van der Waals surface area contributed by atoms with E-state index in [0.29, 0.717) is 17.7 Å². The Kier molecular flexibility index (Phi) is 3.50. The van der Waals surface area contributed by atoms with E-state index in [0.717, 1.165) is 37.9 Å². The lowest BCUT2D eigenvalue weighted by atomic mass is 9.87.